The fourth-order valence-electron chi connectivity index (χ4n) is 5.51. The molecule has 0 aliphatic rings. The van der Waals surface area contributed by atoms with Crippen LogP contribution >= 0.6 is 57.1 Å². The number of aromatic nitrogens is 2. The molecular formula is C36H24N2S5. The molecule has 208 valence electrons. The van der Waals surface area contributed by atoms with Crippen LogP contribution in [0.25, 0.3) is 73.7 Å². The lowest BCUT2D eigenvalue weighted by atomic mass is 10.1. The van der Waals surface area contributed by atoms with E-state index in [0.717, 1.165) is 22.2 Å². The molecule has 0 bridgehead atoms. The van der Waals surface area contributed by atoms with Gasteiger partial charge in [-0.05, 0) is 72.5 Å². The topological polar surface area (TPSA) is 25.8 Å². The predicted molar refractivity (Wildman–Crippen MR) is 191 cm³/mol. The van der Waals surface area contributed by atoms with Crippen LogP contribution in [0.4, 0.5) is 0 Å². The molecule has 8 rings (SSSR count). The third-order valence-corrected chi connectivity index (χ3v) is 12.9. The van der Waals surface area contributed by atoms with E-state index in [0.29, 0.717) is 0 Å². The van der Waals surface area contributed by atoms with Crippen molar-refractivity contribution in [3.05, 3.63) is 119 Å². The van der Waals surface area contributed by atoms with Crippen molar-refractivity contribution in [1.29, 1.82) is 0 Å². The Morgan fingerprint density at radius 2 is 0.814 bits per heavy atom. The van der Waals surface area contributed by atoms with E-state index < -0.39 is 0 Å². The molecule has 5 heterocycles. The van der Waals surface area contributed by atoms with Crippen molar-refractivity contribution in [1.82, 2.24) is 8.75 Å². The zero-order chi connectivity index (χ0) is 28.9. The molecule has 0 saturated carbocycles. The molecule has 0 saturated heterocycles. The lowest BCUT2D eigenvalue weighted by Crippen LogP contribution is -1.81. The third-order valence-electron chi connectivity index (χ3n) is 7.65. The zero-order valence-electron chi connectivity index (χ0n) is 23.3. The van der Waals surface area contributed by atoms with Gasteiger partial charge < -0.3 is 0 Å². The van der Waals surface area contributed by atoms with Crippen molar-refractivity contribution >= 4 is 68.1 Å². The van der Waals surface area contributed by atoms with Crippen LogP contribution < -0.4 is 0 Å². The van der Waals surface area contributed by atoms with Crippen LogP contribution in [0, 0.1) is 13.8 Å². The monoisotopic (exact) mass is 644 g/mol. The van der Waals surface area contributed by atoms with E-state index in [1.165, 1.54) is 73.0 Å². The molecule has 8 aromatic rings. The fraction of sp³-hybridized carbons (Fsp3) is 0.0556. The number of hydrogen-bond donors (Lipinski definition) is 0. The first-order valence-corrected chi connectivity index (χ1v) is 17.9. The smallest absolute Gasteiger partial charge is 0.114 e. The molecule has 0 N–H and O–H groups in total. The highest BCUT2D eigenvalue weighted by molar-refractivity contribution is 7.24. The van der Waals surface area contributed by atoms with Gasteiger partial charge in [0.15, 0.2) is 0 Å². The maximum Gasteiger partial charge on any atom is 0.114 e. The van der Waals surface area contributed by atoms with Crippen molar-refractivity contribution in [3.8, 4) is 62.6 Å². The van der Waals surface area contributed by atoms with Gasteiger partial charge in [0.05, 0.1) is 11.7 Å². The number of benzene rings is 3. The highest BCUT2D eigenvalue weighted by atomic mass is 32.1. The average Bonchev–Trinajstić information content (AvgIpc) is 3.87. The molecule has 0 spiro atoms. The summed E-state index contributed by atoms with van der Waals surface area (Å²) in [6.07, 6.45) is 0. The number of rotatable bonds is 6. The van der Waals surface area contributed by atoms with Gasteiger partial charge in [-0.1, -0.05) is 72.8 Å². The maximum atomic E-state index is 4.78. The number of nitrogens with zero attached hydrogens (tertiary/aromatic N) is 2. The molecule has 0 aliphatic heterocycles. The van der Waals surface area contributed by atoms with Gasteiger partial charge >= 0.3 is 0 Å². The van der Waals surface area contributed by atoms with E-state index in [-0.39, 0.29) is 0 Å². The molecule has 0 amide bonds. The SMILES string of the molecule is Cc1sc(-c2ccc(-c3ccc(-c4ccc(-c5cc(-c6ccccc6)c(C)s5)s4)c4nsnc34)s2)cc1-c1ccccc1. The molecular weight excluding hydrogens is 621 g/mol. The summed E-state index contributed by atoms with van der Waals surface area (Å²) in [4.78, 5) is 10.3. The Morgan fingerprint density at radius 1 is 0.395 bits per heavy atom. The molecule has 5 aromatic heterocycles. The van der Waals surface area contributed by atoms with Crippen LogP contribution in [-0.2, 0) is 0 Å². The Morgan fingerprint density at radius 3 is 1.26 bits per heavy atom. The molecule has 3 aromatic carbocycles. The number of thiophene rings is 4. The van der Waals surface area contributed by atoms with Gasteiger partial charge in [-0.3, -0.25) is 0 Å². The summed E-state index contributed by atoms with van der Waals surface area (Å²) >= 11 is 8.69. The van der Waals surface area contributed by atoms with Crippen LogP contribution in [0.15, 0.2) is 109 Å². The van der Waals surface area contributed by atoms with E-state index in [1.54, 1.807) is 0 Å². The molecule has 0 radical (unpaired) electrons. The Labute approximate surface area is 270 Å². The van der Waals surface area contributed by atoms with Gasteiger partial charge in [0, 0.05) is 50.1 Å². The molecule has 0 fully saturated rings. The molecule has 0 atom stereocenters. The summed E-state index contributed by atoms with van der Waals surface area (Å²) in [6.45, 7) is 4.43. The van der Waals surface area contributed by atoms with Crippen LogP contribution in [0.2, 0.25) is 0 Å². The summed E-state index contributed by atoms with van der Waals surface area (Å²) in [6, 6.07) is 39.4. The summed E-state index contributed by atoms with van der Waals surface area (Å²) in [5.41, 5.74) is 9.44. The van der Waals surface area contributed by atoms with Crippen LogP contribution in [-0.4, -0.2) is 8.75 Å². The maximum absolute atomic E-state index is 4.78. The first kappa shape index (κ1) is 26.9. The second-order valence-corrected chi connectivity index (χ2v) is 15.6. The van der Waals surface area contributed by atoms with E-state index in [4.69, 9.17) is 8.75 Å². The van der Waals surface area contributed by atoms with E-state index in [9.17, 15) is 0 Å². The Balaban J connectivity index is 1.11. The fourth-order valence-corrected chi connectivity index (χ4v) is 10.4. The first-order valence-electron chi connectivity index (χ1n) is 13.9. The minimum Gasteiger partial charge on any atom is -0.172 e. The van der Waals surface area contributed by atoms with Gasteiger partial charge in [0.1, 0.15) is 11.0 Å². The van der Waals surface area contributed by atoms with Gasteiger partial charge in [0.2, 0.25) is 0 Å². The Kier molecular flexibility index (Phi) is 6.93. The predicted octanol–water partition coefficient (Wildman–Crippen LogP) is 12.6. The van der Waals surface area contributed by atoms with Crippen molar-refractivity contribution in [3.63, 3.8) is 0 Å². The molecule has 7 heteroatoms. The minimum absolute atomic E-state index is 0.983. The van der Waals surface area contributed by atoms with Crippen molar-refractivity contribution in [2.24, 2.45) is 0 Å². The second kappa shape index (κ2) is 11.1. The largest absolute Gasteiger partial charge is 0.172 e. The quantitative estimate of drug-likeness (QED) is 0.180. The third kappa shape index (κ3) is 4.91. The second-order valence-electron chi connectivity index (χ2n) is 10.3. The van der Waals surface area contributed by atoms with Crippen LogP contribution in [0.1, 0.15) is 9.75 Å². The lowest BCUT2D eigenvalue weighted by molar-refractivity contribution is 1.58. The van der Waals surface area contributed by atoms with Crippen molar-refractivity contribution < 1.29 is 0 Å². The van der Waals surface area contributed by atoms with Gasteiger partial charge in [0.25, 0.3) is 0 Å². The van der Waals surface area contributed by atoms with Crippen LogP contribution in [0.3, 0.4) is 0 Å². The van der Waals surface area contributed by atoms with E-state index >= 15 is 0 Å². The number of aryl methyl sites for hydroxylation is 2. The Hall–Kier alpha value is -3.72. The van der Waals surface area contributed by atoms with Crippen molar-refractivity contribution in [2.45, 2.75) is 13.8 Å². The van der Waals surface area contributed by atoms with E-state index in [1.807, 2.05) is 45.3 Å². The van der Waals surface area contributed by atoms with Crippen LogP contribution in [0.5, 0.6) is 0 Å². The highest BCUT2D eigenvalue weighted by Gasteiger charge is 2.18. The van der Waals surface area contributed by atoms with Gasteiger partial charge in [-0.25, -0.2) is 0 Å². The summed E-state index contributed by atoms with van der Waals surface area (Å²) in [5, 5.41) is 0. The lowest BCUT2D eigenvalue weighted by Gasteiger charge is -2.03. The average molecular weight is 645 g/mol. The summed E-state index contributed by atoms with van der Waals surface area (Å²) < 4.78 is 9.56. The molecule has 43 heavy (non-hydrogen) atoms. The summed E-state index contributed by atoms with van der Waals surface area (Å²) in [7, 11) is 0. The normalized spacial score (nSPS) is 11.5. The first-order chi connectivity index (χ1) is 21.1. The molecule has 2 nitrogen and oxygen atoms in total. The number of fused-ring (bicyclic) bond motifs is 1. The van der Waals surface area contributed by atoms with Gasteiger partial charge in [-0.15, -0.1) is 45.3 Å². The Bertz CT molecular complexity index is 2050. The standard InChI is InChI=1S/C36H24N2S5/c1-21-27(23-9-5-3-6-10-23)19-33(39-21)31-17-15-29(41-31)25-13-14-26(36-35(25)37-43-38-36)30-16-18-32(42-30)34-20-28(22(2)40-34)24-11-7-4-8-12-24/h3-20H,1-2H3. The number of hydrogen-bond acceptors (Lipinski definition) is 7. The van der Waals surface area contributed by atoms with Crippen molar-refractivity contribution in [2.75, 3.05) is 0 Å². The zero-order valence-corrected chi connectivity index (χ0v) is 27.4. The summed E-state index contributed by atoms with van der Waals surface area (Å²) in [5.74, 6) is 0. The molecule has 0 unspecified atom stereocenters. The van der Waals surface area contributed by atoms with E-state index in [2.05, 4.69) is 123 Å². The molecule has 0 aliphatic carbocycles. The minimum atomic E-state index is 0.983. The highest BCUT2D eigenvalue weighted by Crippen LogP contribution is 2.46. The van der Waals surface area contributed by atoms with Gasteiger partial charge in [-0.2, -0.15) is 8.75 Å².